The lowest BCUT2D eigenvalue weighted by molar-refractivity contribution is -0.870. The largest absolute Gasteiger partial charge is 0.472 e. The van der Waals surface area contributed by atoms with Crippen LogP contribution < -0.4 is 5.32 Å². The molecule has 0 aromatic heterocycles. The number of likely N-dealkylation sites (N-methyl/N-ethyl adjacent to an activating group) is 1. The van der Waals surface area contributed by atoms with E-state index in [0.29, 0.717) is 23.9 Å². The highest BCUT2D eigenvalue weighted by atomic mass is 31.2. The third-order valence-corrected chi connectivity index (χ3v) is 16.3. The summed E-state index contributed by atoms with van der Waals surface area (Å²) in [5, 5.41) is 14.0. The smallest absolute Gasteiger partial charge is 0.387 e. The summed E-state index contributed by atoms with van der Waals surface area (Å²) in [6.07, 6.45) is 103. The number of aliphatic hydroxyl groups excluding tert-OH is 1. The van der Waals surface area contributed by atoms with Crippen molar-refractivity contribution in [3.8, 4) is 0 Å². The van der Waals surface area contributed by atoms with E-state index in [2.05, 4.69) is 153 Å². The molecule has 0 aliphatic heterocycles. The number of nitrogens with zero attached hydrogens (tertiary/aromatic N) is 1. The number of allylic oxidation sites excluding steroid dienone is 23. The highest BCUT2D eigenvalue weighted by Crippen LogP contribution is 2.43. The van der Waals surface area contributed by atoms with Crippen LogP contribution in [0, 0.1) is 0 Å². The lowest BCUT2D eigenvalue weighted by atomic mass is 10.0. The lowest BCUT2D eigenvalue weighted by Gasteiger charge is -2.25. The number of carbonyl (C=O) groups excluding carboxylic acids is 1. The van der Waals surface area contributed by atoms with E-state index in [1.165, 1.54) is 154 Å². The fraction of sp³-hybridized carbons (Fsp3) is 0.679. The molecule has 0 aromatic rings. The van der Waals surface area contributed by atoms with Crippen molar-refractivity contribution >= 4 is 13.7 Å². The second kappa shape index (κ2) is 66.8. The van der Waals surface area contributed by atoms with Gasteiger partial charge in [-0.05, 0) is 103 Å². The summed E-state index contributed by atoms with van der Waals surface area (Å²) in [5.74, 6) is -0.212. The number of hydrogen-bond donors (Lipinski definition) is 3. The molecular formula is C78H136N2O6P+. The standard InChI is InChI=1S/C78H135N2O6P/c1-6-8-10-12-14-16-18-20-22-24-26-28-30-32-34-36-37-38-39-40-41-42-43-44-46-48-50-52-54-56-58-60-62-64-66-68-70-72-78(82)79-76(75-86-87(83,84)85-74-73-80(3,4)5)77(81)71-69-67-65-63-61-59-57-55-53-51-49-47-45-35-33-31-29-27-25-23-21-19-17-15-13-11-9-7-2/h8,10,14,16,20,22,26,28,32,34,37-38,40-41,43-44,48,50,54,56,60,62,69,71,76-77,81H,6-7,9,11-13,15,17-19,21,23-25,27,29-31,33,35-36,39,42,45-47,49,51-53,55,57-59,61,63-68,70,72-75H2,1-5H3,(H-,79,82,83,84)/p+1/b10-8-,16-14-,22-20-,28-26-,34-32-,38-37-,41-40-,44-43-,50-48-,56-54-,62-60-,71-69+. The number of nitrogens with one attached hydrogen (secondary N) is 1. The van der Waals surface area contributed by atoms with Crippen LogP contribution in [0.3, 0.4) is 0 Å². The van der Waals surface area contributed by atoms with Crippen LogP contribution in [0.2, 0.25) is 0 Å². The van der Waals surface area contributed by atoms with Gasteiger partial charge in [-0.15, -0.1) is 0 Å². The third-order valence-electron chi connectivity index (χ3n) is 15.3. The normalized spacial score (nSPS) is 14.5. The van der Waals surface area contributed by atoms with Crippen molar-refractivity contribution in [2.75, 3.05) is 40.9 Å². The van der Waals surface area contributed by atoms with Crippen molar-refractivity contribution < 1.29 is 32.9 Å². The summed E-state index contributed by atoms with van der Waals surface area (Å²) >= 11 is 0. The zero-order valence-electron chi connectivity index (χ0n) is 57.0. The zero-order chi connectivity index (χ0) is 63.4. The number of phosphoric ester groups is 1. The van der Waals surface area contributed by atoms with Crippen molar-refractivity contribution in [2.24, 2.45) is 0 Å². The van der Waals surface area contributed by atoms with E-state index in [0.717, 1.165) is 109 Å². The van der Waals surface area contributed by atoms with Crippen LogP contribution in [0.15, 0.2) is 146 Å². The molecule has 0 bridgehead atoms. The van der Waals surface area contributed by atoms with E-state index in [9.17, 15) is 19.4 Å². The molecule has 0 aliphatic carbocycles. The van der Waals surface area contributed by atoms with Crippen LogP contribution in [0.1, 0.15) is 290 Å². The number of unbranched alkanes of at least 4 members (excludes halogenated alkanes) is 29. The first-order valence-corrected chi connectivity index (χ1v) is 37.2. The predicted octanol–water partition coefficient (Wildman–Crippen LogP) is 23.2. The fourth-order valence-electron chi connectivity index (χ4n) is 9.81. The van der Waals surface area contributed by atoms with Gasteiger partial charge >= 0.3 is 7.82 Å². The minimum absolute atomic E-state index is 0.0473. The average Bonchev–Trinajstić information content (AvgIpc) is 3.70. The van der Waals surface area contributed by atoms with Crippen LogP contribution in [0.5, 0.6) is 0 Å². The molecule has 498 valence electrons. The Bertz CT molecular complexity index is 1930. The number of phosphoric acid groups is 1. The molecule has 0 saturated heterocycles. The van der Waals surface area contributed by atoms with Gasteiger partial charge < -0.3 is 19.8 Å². The van der Waals surface area contributed by atoms with Gasteiger partial charge in [0, 0.05) is 6.42 Å². The maximum atomic E-state index is 13.0. The molecule has 1 amide bonds. The molecule has 0 heterocycles. The van der Waals surface area contributed by atoms with Crippen LogP contribution in [-0.2, 0) is 18.4 Å². The number of hydrogen-bond acceptors (Lipinski definition) is 5. The van der Waals surface area contributed by atoms with Gasteiger partial charge in [0.1, 0.15) is 13.2 Å². The molecule has 0 radical (unpaired) electrons. The number of aliphatic hydroxyl groups is 1. The van der Waals surface area contributed by atoms with Gasteiger partial charge in [0.05, 0.1) is 39.9 Å². The molecule has 8 nitrogen and oxygen atoms in total. The van der Waals surface area contributed by atoms with Crippen LogP contribution in [0.25, 0.3) is 0 Å². The number of quaternary nitrogens is 1. The van der Waals surface area contributed by atoms with Crippen molar-refractivity contribution in [1.82, 2.24) is 5.32 Å². The SMILES string of the molecule is CC/C=C\C/C=C\C/C=C\C/C=C\C/C=C\C/C=C\C/C=C\C/C=C\C/C=C\C/C=C\C/C=C\CCCCCC(=O)NC(COP(=O)(O)OCC[N+](C)(C)C)C(O)/C=C/CCCCCCCCCCCCCCCCCCCCCCCCCCCC. The molecule has 3 N–H and O–H groups in total. The van der Waals surface area contributed by atoms with E-state index >= 15 is 0 Å². The summed E-state index contributed by atoms with van der Waals surface area (Å²) in [4.78, 5) is 23.4. The molecule has 0 fully saturated rings. The Labute approximate surface area is 538 Å². The second-order valence-corrected chi connectivity index (χ2v) is 26.3. The Morgan fingerprint density at radius 1 is 0.402 bits per heavy atom. The minimum Gasteiger partial charge on any atom is -0.387 e. The molecule has 0 aromatic carbocycles. The first kappa shape index (κ1) is 83.4. The number of carbonyl (C=O) groups is 1. The Kier molecular flexibility index (Phi) is 64.0. The van der Waals surface area contributed by atoms with E-state index < -0.39 is 20.0 Å². The Balaban J connectivity index is 4.22. The Morgan fingerprint density at radius 2 is 0.690 bits per heavy atom. The average molecular weight is 1230 g/mol. The summed E-state index contributed by atoms with van der Waals surface area (Å²) in [5.41, 5.74) is 0. The quantitative estimate of drug-likeness (QED) is 0.0243. The molecular weight excluding hydrogens is 1090 g/mol. The van der Waals surface area contributed by atoms with Crippen molar-refractivity contribution in [3.05, 3.63) is 146 Å². The van der Waals surface area contributed by atoms with E-state index in [-0.39, 0.29) is 19.1 Å². The van der Waals surface area contributed by atoms with Crippen LogP contribution in [0.4, 0.5) is 0 Å². The predicted molar refractivity (Wildman–Crippen MR) is 382 cm³/mol. The Hall–Kier alpha value is -3.62. The number of amides is 1. The van der Waals surface area contributed by atoms with E-state index in [1.807, 2.05) is 27.2 Å². The van der Waals surface area contributed by atoms with E-state index in [1.54, 1.807) is 6.08 Å². The summed E-state index contributed by atoms with van der Waals surface area (Å²) in [7, 11) is 1.53. The van der Waals surface area contributed by atoms with Gasteiger partial charge in [0.25, 0.3) is 0 Å². The molecule has 0 spiro atoms. The Morgan fingerprint density at radius 3 is 1.01 bits per heavy atom. The third kappa shape index (κ3) is 69.7. The van der Waals surface area contributed by atoms with E-state index in [4.69, 9.17) is 9.05 Å². The molecule has 3 atom stereocenters. The molecule has 9 heteroatoms. The van der Waals surface area contributed by atoms with Gasteiger partial charge in [0.2, 0.25) is 5.91 Å². The molecule has 0 aliphatic rings. The molecule has 87 heavy (non-hydrogen) atoms. The van der Waals surface area contributed by atoms with Crippen LogP contribution >= 0.6 is 7.82 Å². The number of rotatable bonds is 64. The first-order valence-electron chi connectivity index (χ1n) is 35.7. The van der Waals surface area contributed by atoms with Crippen molar-refractivity contribution in [2.45, 2.75) is 302 Å². The van der Waals surface area contributed by atoms with Crippen molar-refractivity contribution in [1.29, 1.82) is 0 Å². The first-order chi connectivity index (χ1) is 42.5. The topological polar surface area (TPSA) is 105 Å². The maximum absolute atomic E-state index is 13.0. The van der Waals surface area contributed by atoms with Crippen LogP contribution in [-0.4, -0.2) is 73.4 Å². The summed E-state index contributed by atoms with van der Waals surface area (Å²) < 4.78 is 23.8. The fourth-order valence-corrected chi connectivity index (χ4v) is 10.5. The second-order valence-electron chi connectivity index (χ2n) is 24.9. The highest BCUT2D eigenvalue weighted by Gasteiger charge is 2.28. The monoisotopic (exact) mass is 1230 g/mol. The minimum atomic E-state index is -4.38. The molecule has 0 saturated carbocycles. The lowest BCUT2D eigenvalue weighted by Crippen LogP contribution is -2.45. The zero-order valence-corrected chi connectivity index (χ0v) is 57.9. The van der Waals surface area contributed by atoms with Crippen molar-refractivity contribution in [3.63, 3.8) is 0 Å². The summed E-state index contributed by atoms with van der Waals surface area (Å²) in [6.45, 7) is 4.69. The molecule has 0 rings (SSSR count). The summed E-state index contributed by atoms with van der Waals surface area (Å²) in [6, 6.07) is -0.878. The van der Waals surface area contributed by atoms with Gasteiger partial charge in [-0.1, -0.05) is 327 Å². The van der Waals surface area contributed by atoms with Gasteiger partial charge in [-0.25, -0.2) is 4.57 Å². The maximum Gasteiger partial charge on any atom is 0.472 e. The van der Waals surface area contributed by atoms with Gasteiger partial charge in [-0.2, -0.15) is 0 Å². The molecule has 3 unspecified atom stereocenters. The van der Waals surface area contributed by atoms with Gasteiger partial charge in [0.15, 0.2) is 0 Å². The van der Waals surface area contributed by atoms with Gasteiger partial charge in [-0.3, -0.25) is 13.8 Å². The highest BCUT2D eigenvalue weighted by molar-refractivity contribution is 7.47.